The molecule has 0 bridgehead atoms. The maximum Gasteiger partial charge on any atom is 0.303 e. The Morgan fingerprint density at radius 3 is 2.17 bits per heavy atom. The van der Waals surface area contributed by atoms with Gasteiger partial charge in [0.25, 0.3) is 0 Å². The van der Waals surface area contributed by atoms with Gasteiger partial charge in [-0.25, -0.2) is 8.42 Å². The van der Waals surface area contributed by atoms with Crippen molar-refractivity contribution in [3.05, 3.63) is 29.8 Å². The van der Waals surface area contributed by atoms with E-state index in [9.17, 15) is 18.0 Å². The third kappa shape index (κ3) is 4.96. The summed E-state index contributed by atoms with van der Waals surface area (Å²) in [6, 6.07) is 5.82. The van der Waals surface area contributed by atoms with Gasteiger partial charge in [-0.1, -0.05) is 0 Å². The van der Waals surface area contributed by atoms with Gasteiger partial charge in [0.15, 0.2) is 5.78 Å². The van der Waals surface area contributed by atoms with Crippen molar-refractivity contribution in [3.63, 3.8) is 0 Å². The van der Waals surface area contributed by atoms with E-state index >= 15 is 0 Å². The number of benzene rings is 1. The predicted octanol–water partition coefficient (Wildman–Crippen LogP) is 1.11. The number of carboxylic acids is 1. The standard InChI is InChI=1S/C11H13NO5S/c1-18(16,17)12-9-4-2-8(3-5-9)10(13)6-7-11(14)15/h2-5,12H,6-7H2,1H3,(H,14,15)/i10+2,11+2. The van der Waals surface area contributed by atoms with Crippen molar-refractivity contribution in [1.82, 2.24) is 0 Å². The van der Waals surface area contributed by atoms with Crippen LogP contribution in [0.2, 0.25) is 0 Å². The molecule has 7 heteroatoms. The number of Topliss-reactive ketones (excluding diaryl/α,β-unsaturated/α-hetero) is 1. The Hall–Kier alpha value is -1.89. The highest BCUT2D eigenvalue weighted by molar-refractivity contribution is 7.92. The largest absolute Gasteiger partial charge is 0.481 e. The molecular formula is C11H13NO5S. The lowest BCUT2D eigenvalue weighted by Gasteiger charge is -2.04. The molecule has 1 aromatic rings. The van der Waals surface area contributed by atoms with Gasteiger partial charge in [-0.2, -0.15) is 0 Å². The molecule has 0 aromatic heterocycles. The SMILES string of the molecule is CS(=O)(=O)Nc1ccc([14C](=O)CC[14C](=O)O)cc1. The smallest absolute Gasteiger partial charge is 0.303 e. The minimum atomic E-state index is -3.34. The number of carbonyl (C=O) groups is 2. The highest BCUT2D eigenvalue weighted by Gasteiger charge is 2.09. The van der Waals surface area contributed by atoms with Crippen LogP contribution in [-0.4, -0.2) is 31.5 Å². The molecule has 0 atom stereocenters. The molecule has 2 N–H and O–H groups in total. The zero-order valence-corrected chi connectivity index (χ0v) is 10.5. The van der Waals surface area contributed by atoms with Gasteiger partial charge in [0.2, 0.25) is 10.0 Å². The number of anilines is 1. The normalized spacial score (nSPS) is 10.9. The average Bonchev–Trinajstić information content (AvgIpc) is 2.24. The first-order chi connectivity index (χ1) is 8.28. The molecule has 0 heterocycles. The van der Waals surface area contributed by atoms with E-state index in [2.05, 4.69) is 4.72 Å². The van der Waals surface area contributed by atoms with Gasteiger partial charge in [0.05, 0.1) is 12.7 Å². The molecule has 1 rings (SSSR count). The summed E-state index contributed by atoms with van der Waals surface area (Å²) in [5.41, 5.74) is 0.711. The fraction of sp³-hybridized carbons (Fsp3) is 0.273. The molecule has 6 nitrogen and oxygen atoms in total. The maximum absolute atomic E-state index is 11.5. The fourth-order valence-corrected chi connectivity index (χ4v) is 1.87. The number of sulfonamides is 1. The summed E-state index contributed by atoms with van der Waals surface area (Å²) in [6.45, 7) is 0. The second-order valence-electron chi connectivity index (χ2n) is 3.77. The van der Waals surface area contributed by atoms with Crippen LogP contribution in [0.5, 0.6) is 0 Å². The molecule has 0 amide bonds. The van der Waals surface area contributed by atoms with Crippen LogP contribution in [-0.2, 0) is 14.8 Å². The molecule has 0 radical (unpaired) electrons. The molecule has 18 heavy (non-hydrogen) atoms. The van der Waals surface area contributed by atoms with Gasteiger partial charge in [0, 0.05) is 17.7 Å². The fourth-order valence-electron chi connectivity index (χ4n) is 1.30. The van der Waals surface area contributed by atoms with Crippen molar-refractivity contribution in [2.45, 2.75) is 12.8 Å². The summed E-state index contributed by atoms with van der Waals surface area (Å²) in [4.78, 5) is 21.9. The van der Waals surface area contributed by atoms with Crippen molar-refractivity contribution in [2.24, 2.45) is 0 Å². The maximum atomic E-state index is 11.5. The van der Waals surface area contributed by atoms with Crippen molar-refractivity contribution in [3.8, 4) is 0 Å². The molecule has 0 fully saturated rings. The van der Waals surface area contributed by atoms with Crippen LogP contribution in [0.3, 0.4) is 0 Å². The first-order valence-electron chi connectivity index (χ1n) is 5.11. The Kier molecular flexibility index (Phi) is 4.43. The first kappa shape index (κ1) is 14.2. The van der Waals surface area contributed by atoms with Crippen LogP contribution < -0.4 is 4.72 Å². The van der Waals surface area contributed by atoms with Gasteiger partial charge in [-0.05, 0) is 24.3 Å². The quantitative estimate of drug-likeness (QED) is 0.757. The van der Waals surface area contributed by atoms with E-state index in [4.69, 9.17) is 5.11 Å². The summed E-state index contributed by atoms with van der Waals surface area (Å²) in [5, 5.41) is 8.45. The van der Waals surface area contributed by atoms with E-state index in [0.717, 1.165) is 6.26 Å². The monoisotopic (exact) mass is 275 g/mol. The van der Waals surface area contributed by atoms with E-state index in [1.807, 2.05) is 0 Å². The number of hydrogen-bond acceptors (Lipinski definition) is 4. The second-order valence-corrected chi connectivity index (χ2v) is 5.52. The number of nitrogens with one attached hydrogen (secondary N) is 1. The molecule has 0 aliphatic carbocycles. The molecule has 0 unspecified atom stereocenters. The van der Waals surface area contributed by atoms with E-state index in [1.54, 1.807) is 0 Å². The van der Waals surface area contributed by atoms with Crippen molar-refractivity contribution in [2.75, 3.05) is 11.0 Å². The molecule has 0 aliphatic rings. The lowest BCUT2D eigenvalue weighted by Crippen LogP contribution is -2.09. The summed E-state index contributed by atoms with van der Waals surface area (Å²) < 4.78 is 24.2. The number of rotatable bonds is 6. The lowest BCUT2D eigenvalue weighted by atomic mass is 10.3. The van der Waals surface area contributed by atoms with Gasteiger partial charge < -0.3 is 5.11 Å². The number of aliphatic carboxylic acids is 1. The van der Waals surface area contributed by atoms with Crippen LogP contribution in [0, 0.1) is 0 Å². The van der Waals surface area contributed by atoms with Crippen LogP contribution in [0.15, 0.2) is 24.3 Å². The molecule has 0 saturated carbocycles. The van der Waals surface area contributed by atoms with E-state index in [-0.39, 0.29) is 18.6 Å². The zero-order valence-electron chi connectivity index (χ0n) is 9.71. The minimum absolute atomic E-state index is 0.0752. The topological polar surface area (TPSA) is 101 Å². The van der Waals surface area contributed by atoms with E-state index < -0.39 is 16.0 Å². The highest BCUT2D eigenvalue weighted by Crippen LogP contribution is 2.12. The van der Waals surface area contributed by atoms with Gasteiger partial charge in [-0.3, -0.25) is 14.3 Å². The van der Waals surface area contributed by atoms with Crippen LogP contribution in [0.4, 0.5) is 5.69 Å². The predicted molar refractivity (Wildman–Crippen MR) is 66.1 cm³/mol. The molecule has 98 valence electrons. The second kappa shape index (κ2) is 5.63. The molecule has 1 aromatic carbocycles. The first-order valence-corrected chi connectivity index (χ1v) is 7.00. The van der Waals surface area contributed by atoms with Gasteiger partial charge in [0.1, 0.15) is 0 Å². The van der Waals surface area contributed by atoms with Crippen LogP contribution in [0.1, 0.15) is 23.2 Å². The summed E-state index contributed by atoms with van der Waals surface area (Å²) in [6.07, 6.45) is 0.731. The Morgan fingerprint density at radius 1 is 1.17 bits per heavy atom. The van der Waals surface area contributed by atoms with Crippen molar-refractivity contribution < 1.29 is 23.1 Å². The van der Waals surface area contributed by atoms with E-state index in [0.29, 0.717) is 11.3 Å². The van der Waals surface area contributed by atoms with Crippen molar-refractivity contribution >= 4 is 27.5 Å². The molecule has 0 saturated heterocycles. The molecule has 0 spiro atoms. The minimum Gasteiger partial charge on any atom is -0.481 e. The third-order valence-electron chi connectivity index (χ3n) is 2.08. The van der Waals surface area contributed by atoms with E-state index in [1.165, 1.54) is 24.3 Å². The number of ketones is 1. The van der Waals surface area contributed by atoms with Crippen molar-refractivity contribution in [1.29, 1.82) is 0 Å². The Bertz CT molecular complexity index is 547. The molecule has 0 aliphatic heterocycles. The number of carbonyl (C=O) groups excluding carboxylic acids is 1. The number of carboxylic acid groups (broad SMARTS) is 1. The Labute approximate surface area is 105 Å². The third-order valence-corrected chi connectivity index (χ3v) is 2.68. The number of hydrogen-bond donors (Lipinski definition) is 2. The highest BCUT2D eigenvalue weighted by atomic mass is 32.2. The molecular weight excluding hydrogens is 262 g/mol. The van der Waals surface area contributed by atoms with Crippen LogP contribution in [0.25, 0.3) is 0 Å². The van der Waals surface area contributed by atoms with Gasteiger partial charge >= 0.3 is 5.97 Å². The van der Waals surface area contributed by atoms with Crippen LogP contribution >= 0.6 is 0 Å². The zero-order chi connectivity index (χ0) is 13.8. The average molecular weight is 275 g/mol. The summed E-state index contributed by atoms with van der Waals surface area (Å²) in [7, 11) is -3.34. The summed E-state index contributed by atoms with van der Waals surface area (Å²) >= 11 is 0. The Morgan fingerprint density at radius 2 is 1.72 bits per heavy atom. The lowest BCUT2D eigenvalue weighted by molar-refractivity contribution is -0.136. The van der Waals surface area contributed by atoms with Gasteiger partial charge in [-0.15, -0.1) is 0 Å². The Balaban J connectivity index is 2.71. The summed E-state index contributed by atoms with van der Waals surface area (Å²) in [5.74, 6) is -1.32.